The number of nitrogens with zero attached hydrogens (tertiary/aromatic N) is 3. The number of aromatic nitrogens is 1. The fraction of sp³-hybridized carbons (Fsp3) is 0.615. The number of rotatable bonds is 3. The van der Waals surface area contributed by atoms with Gasteiger partial charge in [0.15, 0.2) is 0 Å². The second-order valence-electron chi connectivity index (χ2n) is 5.26. The van der Waals surface area contributed by atoms with E-state index in [2.05, 4.69) is 28.6 Å². The Morgan fingerprint density at radius 1 is 1.28 bits per heavy atom. The fourth-order valence-electron chi connectivity index (χ4n) is 2.34. The van der Waals surface area contributed by atoms with E-state index in [0.717, 1.165) is 37.9 Å². The van der Waals surface area contributed by atoms with Crippen molar-refractivity contribution in [1.82, 2.24) is 9.88 Å². The average Bonchev–Trinajstić information content (AvgIpc) is 2.27. The lowest BCUT2D eigenvalue weighted by molar-refractivity contribution is 0.231. The third kappa shape index (κ3) is 3.50. The first-order chi connectivity index (χ1) is 8.54. The Bertz CT molecular complexity index is 380. The van der Waals surface area contributed by atoms with Crippen molar-refractivity contribution in [2.24, 2.45) is 5.92 Å². The van der Waals surface area contributed by atoms with Gasteiger partial charge in [0, 0.05) is 44.5 Å². The van der Waals surface area contributed by atoms with Gasteiger partial charge >= 0.3 is 0 Å². The molecule has 18 heavy (non-hydrogen) atoms. The zero-order valence-corrected chi connectivity index (χ0v) is 11.8. The van der Waals surface area contributed by atoms with Crippen molar-refractivity contribution in [3.63, 3.8) is 0 Å². The third-order valence-corrected chi connectivity index (χ3v) is 3.32. The lowest BCUT2D eigenvalue weighted by Crippen LogP contribution is -2.47. The monoisotopic (exact) mass is 268 g/mol. The summed E-state index contributed by atoms with van der Waals surface area (Å²) in [4.78, 5) is 9.08. The molecule has 2 rings (SSSR count). The molecule has 0 aromatic carbocycles. The highest BCUT2D eigenvalue weighted by Crippen LogP contribution is 2.20. The first-order valence-electron chi connectivity index (χ1n) is 6.45. The van der Waals surface area contributed by atoms with Gasteiger partial charge in [-0.3, -0.25) is 4.90 Å². The normalized spacial score (nSPS) is 17.4. The van der Waals surface area contributed by atoms with Gasteiger partial charge in [-0.15, -0.1) is 0 Å². The summed E-state index contributed by atoms with van der Waals surface area (Å²) < 4.78 is 0. The van der Waals surface area contributed by atoms with Crippen LogP contribution in [0, 0.1) is 5.92 Å². The van der Waals surface area contributed by atoms with Crippen molar-refractivity contribution < 1.29 is 0 Å². The molecule has 0 saturated carbocycles. The average molecular weight is 269 g/mol. The highest BCUT2D eigenvalue weighted by molar-refractivity contribution is 6.29. The van der Waals surface area contributed by atoms with Gasteiger partial charge in [-0.05, 0) is 12.0 Å². The number of nitrogen functional groups attached to an aromatic ring is 1. The van der Waals surface area contributed by atoms with Crippen LogP contribution >= 0.6 is 11.6 Å². The predicted octanol–water partition coefficient (Wildman–Crippen LogP) is 2.10. The number of hydrogen-bond acceptors (Lipinski definition) is 4. The van der Waals surface area contributed by atoms with Gasteiger partial charge in [0.1, 0.15) is 11.0 Å². The van der Waals surface area contributed by atoms with E-state index in [1.807, 2.05) is 6.07 Å². The minimum absolute atomic E-state index is 0.467. The summed E-state index contributed by atoms with van der Waals surface area (Å²) in [5.41, 5.74) is 6.47. The molecular weight excluding hydrogens is 248 g/mol. The molecule has 0 spiro atoms. The maximum Gasteiger partial charge on any atom is 0.133 e. The van der Waals surface area contributed by atoms with E-state index in [1.54, 1.807) is 6.07 Å². The molecule has 2 N–H and O–H groups in total. The minimum atomic E-state index is 0.467. The van der Waals surface area contributed by atoms with Gasteiger partial charge in [-0.25, -0.2) is 4.98 Å². The highest BCUT2D eigenvalue weighted by Gasteiger charge is 2.18. The summed E-state index contributed by atoms with van der Waals surface area (Å²) in [5, 5.41) is 0.467. The first-order valence-corrected chi connectivity index (χ1v) is 6.83. The van der Waals surface area contributed by atoms with Crippen LogP contribution in [0.4, 0.5) is 11.5 Å². The van der Waals surface area contributed by atoms with Crippen molar-refractivity contribution >= 4 is 23.1 Å². The molecule has 0 bridgehead atoms. The molecule has 0 atom stereocenters. The van der Waals surface area contributed by atoms with E-state index in [1.165, 1.54) is 6.54 Å². The molecule has 0 aliphatic carbocycles. The zero-order chi connectivity index (χ0) is 13.1. The summed E-state index contributed by atoms with van der Waals surface area (Å²) in [6.45, 7) is 9.80. The number of nitrogens with two attached hydrogens (primary N) is 1. The summed E-state index contributed by atoms with van der Waals surface area (Å²) >= 11 is 5.94. The molecule has 0 amide bonds. The van der Waals surface area contributed by atoms with E-state index in [9.17, 15) is 0 Å². The topological polar surface area (TPSA) is 45.4 Å². The molecule has 100 valence electrons. The number of halogens is 1. The van der Waals surface area contributed by atoms with Gasteiger partial charge in [0.25, 0.3) is 0 Å². The van der Waals surface area contributed by atoms with Gasteiger partial charge in [0.2, 0.25) is 0 Å². The quantitative estimate of drug-likeness (QED) is 0.853. The van der Waals surface area contributed by atoms with Gasteiger partial charge in [-0.1, -0.05) is 25.4 Å². The van der Waals surface area contributed by atoms with Crippen molar-refractivity contribution in [3.05, 3.63) is 17.3 Å². The third-order valence-electron chi connectivity index (χ3n) is 3.12. The summed E-state index contributed by atoms with van der Waals surface area (Å²) in [6.07, 6.45) is 0. The Labute approximate surface area is 114 Å². The largest absolute Gasteiger partial charge is 0.399 e. The standard InChI is InChI=1S/C13H21ClN4/c1-10(2)9-17-3-5-18(6-4-17)13-8-11(15)7-12(14)16-13/h7-8,10H,3-6,9H2,1-2H3,(H2,15,16). The molecule has 1 saturated heterocycles. The number of pyridine rings is 1. The summed E-state index contributed by atoms with van der Waals surface area (Å²) in [5.74, 6) is 1.61. The predicted molar refractivity (Wildman–Crippen MR) is 77.2 cm³/mol. The van der Waals surface area contributed by atoms with Gasteiger partial charge in [-0.2, -0.15) is 0 Å². The van der Waals surface area contributed by atoms with Gasteiger partial charge < -0.3 is 10.6 Å². The Balaban J connectivity index is 1.96. The van der Waals surface area contributed by atoms with Gasteiger partial charge in [0.05, 0.1) is 0 Å². The van der Waals surface area contributed by atoms with Crippen LogP contribution in [0.15, 0.2) is 12.1 Å². The molecule has 5 heteroatoms. The molecule has 0 radical (unpaired) electrons. The number of anilines is 2. The highest BCUT2D eigenvalue weighted by atomic mass is 35.5. The first kappa shape index (κ1) is 13.4. The van der Waals surface area contributed by atoms with Crippen molar-refractivity contribution in [2.45, 2.75) is 13.8 Å². The Hall–Kier alpha value is -1.00. The maximum absolute atomic E-state index is 5.94. The second kappa shape index (κ2) is 5.76. The molecule has 1 aromatic heterocycles. The summed E-state index contributed by atoms with van der Waals surface area (Å²) in [7, 11) is 0. The van der Waals surface area contributed by atoms with E-state index in [-0.39, 0.29) is 0 Å². The molecule has 1 aliphatic rings. The number of piperazine rings is 1. The molecule has 0 unspecified atom stereocenters. The molecule has 1 aliphatic heterocycles. The molecule has 1 fully saturated rings. The minimum Gasteiger partial charge on any atom is -0.399 e. The molecule has 4 nitrogen and oxygen atoms in total. The zero-order valence-electron chi connectivity index (χ0n) is 11.1. The van der Waals surface area contributed by atoms with Crippen LogP contribution in [0.25, 0.3) is 0 Å². The maximum atomic E-state index is 5.94. The van der Waals surface area contributed by atoms with Crippen LogP contribution in [0.5, 0.6) is 0 Å². The van der Waals surface area contributed by atoms with Crippen LogP contribution in [0.3, 0.4) is 0 Å². The lowest BCUT2D eigenvalue weighted by Gasteiger charge is -2.36. The molecule has 1 aromatic rings. The fourth-order valence-corrected chi connectivity index (χ4v) is 2.55. The van der Waals surface area contributed by atoms with Crippen LogP contribution in [-0.4, -0.2) is 42.6 Å². The smallest absolute Gasteiger partial charge is 0.133 e. The molecular formula is C13H21ClN4. The Morgan fingerprint density at radius 3 is 2.50 bits per heavy atom. The van der Waals surface area contributed by atoms with Crippen LogP contribution in [0.1, 0.15) is 13.8 Å². The second-order valence-corrected chi connectivity index (χ2v) is 5.65. The Morgan fingerprint density at radius 2 is 1.94 bits per heavy atom. The van der Waals surface area contributed by atoms with Crippen molar-refractivity contribution in [3.8, 4) is 0 Å². The van der Waals surface area contributed by atoms with Crippen LogP contribution in [-0.2, 0) is 0 Å². The van der Waals surface area contributed by atoms with Crippen LogP contribution < -0.4 is 10.6 Å². The van der Waals surface area contributed by atoms with E-state index in [4.69, 9.17) is 17.3 Å². The molecule has 2 heterocycles. The summed E-state index contributed by atoms with van der Waals surface area (Å²) in [6, 6.07) is 3.57. The Kier molecular flexibility index (Phi) is 4.30. The van der Waals surface area contributed by atoms with E-state index < -0.39 is 0 Å². The lowest BCUT2D eigenvalue weighted by atomic mass is 10.2. The van der Waals surface area contributed by atoms with Crippen LogP contribution in [0.2, 0.25) is 5.15 Å². The van der Waals surface area contributed by atoms with E-state index >= 15 is 0 Å². The SMILES string of the molecule is CC(C)CN1CCN(c2cc(N)cc(Cl)n2)CC1. The van der Waals surface area contributed by atoms with Crippen molar-refractivity contribution in [1.29, 1.82) is 0 Å². The van der Waals surface area contributed by atoms with E-state index in [0.29, 0.717) is 10.8 Å². The van der Waals surface area contributed by atoms with Crippen molar-refractivity contribution in [2.75, 3.05) is 43.4 Å². The number of hydrogen-bond donors (Lipinski definition) is 1.